The van der Waals surface area contributed by atoms with Crippen LogP contribution in [0.5, 0.6) is 5.75 Å². The molecule has 0 unspecified atom stereocenters. The molecule has 1 aliphatic rings. The summed E-state index contributed by atoms with van der Waals surface area (Å²) in [6, 6.07) is 16.0. The second-order valence-corrected chi connectivity index (χ2v) is 11.3. The van der Waals surface area contributed by atoms with Gasteiger partial charge in [0, 0.05) is 22.8 Å². The zero-order chi connectivity index (χ0) is 28.2. The third-order valence-corrected chi connectivity index (χ3v) is 7.45. The minimum atomic E-state index is -0.882. The number of hydrogen-bond acceptors (Lipinski definition) is 5. The van der Waals surface area contributed by atoms with Crippen molar-refractivity contribution in [3.05, 3.63) is 71.0 Å². The van der Waals surface area contributed by atoms with E-state index < -0.39 is 17.3 Å². The molecule has 5 aromatic rings. The molecule has 0 atom stereocenters. The van der Waals surface area contributed by atoms with Crippen molar-refractivity contribution in [2.45, 2.75) is 45.1 Å². The van der Waals surface area contributed by atoms with Crippen molar-refractivity contribution in [2.75, 3.05) is 6.61 Å². The molecule has 40 heavy (non-hydrogen) atoms. The number of primary amides is 1. The molecule has 0 radical (unpaired) electrons. The number of nitriles is 1. The highest BCUT2D eigenvalue weighted by Gasteiger charge is 2.23. The molecule has 4 N–H and O–H groups in total. The molecule has 1 aliphatic carbocycles. The van der Waals surface area contributed by atoms with Crippen LogP contribution in [0.2, 0.25) is 0 Å². The summed E-state index contributed by atoms with van der Waals surface area (Å²) >= 11 is 0. The fraction of sp³-hybridized carbons (Fsp3) is 0.281. The first-order valence-electron chi connectivity index (χ1n) is 13.4. The number of rotatable bonds is 8. The van der Waals surface area contributed by atoms with Crippen LogP contribution in [0.15, 0.2) is 48.5 Å². The number of aliphatic hydroxyl groups is 1. The lowest BCUT2D eigenvalue weighted by Crippen LogP contribution is -2.21. The quantitative estimate of drug-likeness (QED) is 0.206. The summed E-state index contributed by atoms with van der Waals surface area (Å²) in [6.45, 7) is 4.21. The average Bonchev–Trinajstić information content (AvgIpc) is 3.62. The number of nitrogens with two attached hydrogens (primary N) is 1. The van der Waals surface area contributed by atoms with Crippen molar-refractivity contribution in [3.8, 4) is 23.2 Å². The lowest BCUT2D eigenvalue weighted by molar-refractivity contribution is 0.0810. The van der Waals surface area contributed by atoms with E-state index in [1.807, 2.05) is 36.4 Å². The van der Waals surface area contributed by atoms with Gasteiger partial charge in [0.15, 0.2) is 0 Å². The molecule has 8 heteroatoms. The Morgan fingerprint density at radius 1 is 1.15 bits per heavy atom. The highest BCUT2D eigenvalue weighted by molar-refractivity contribution is 6.24. The summed E-state index contributed by atoms with van der Waals surface area (Å²) in [5.74, 6) is 0.196. The van der Waals surface area contributed by atoms with Crippen LogP contribution >= 0.6 is 0 Å². The van der Waals surface area contributed by atoms with Crippen molar-refractivity contribution >= 4 is 38.5 Å². The number of carbonyl (C=O) groups is 1. The van der Waals surface area contributed by atoms with Crippen molar-refractivity contribution in [2.24, 2.45) is 11.7 Å². The van der Waals surface area contributed by atoms with Crippen molar-refractivity contribution in [3.63, 3.8) is 0 Å². The predicted molar refractivity (Wildman–Crippen MR) is 153 cm³/mol. The normalized spacial score (nSPS) is 13.7. The highest BCUT2D eigenvalue weighted by atomic mass is 19.1. The summed E-state index contributed by atoms with van der Waals surface area (Å²) in [4.78, 5) is 20.4. The summed E-state index contributed by atoms with van der Waals surface area (Å²) in [6.07, 6.45) is 4.05. The molecule has 0 aliphatic heterocycles. The van der Waals surface area contributed by atoms with Crippen LogP contribution in [0.4, 0.5) is 4.39 Å². The first kappa shape index (κ1) is 25.8. The lowest BCUT2D eigenvalue weighted by atomic mass is 9.93. The highest BCUT2D eigenvalue weighted by Crippen LogP contribution is 2.39. The van der Waals surface area contributed by atoms with E-state index in [-0.39, 0.29) is 22.5 Å². The number of imidazole rings is 1. The number of ether oxygens (including phenoxy) is 1. The van der Waals surface area contributed by atoms with Gasteiger partial charge in [-0.05, 0) is 72.9 Å². The largest absolute Gasteiger partial charge is 0.494 e. The number of benzene rings is 4. The van der Waals surface area contributed by atoms with E-state index in [1.165, 1.54) is 12.8 Å². The molecule has 202 valence electrons. The number of aromatic nitrogens is 2. The first-order chi connectivity index (χ1) is 19.1. The van der Waals surface area contributed by atoms with E-state index in [4.69, 9.17) is 15.5 Å². The number of hydrogen-bond donors (Lipinski definition) is 3. The molecule has 1 heterocycles. The van der Waals surface area contributed by atoms with Crippen molar-refractivity contribution in [1.29, 1.82) is 5.26 Å². The second-order valence-electron chi connectivity index (χ2n) is 11.3. The van der Waals surface area contributed by atoms with E-state index in [0.717, 1.165) is 57.3 Å². The summed E-state index contributed by atoms with van der Waals surface area (Å²) in [7, 11) is 0. The fourth-order valence-electron chi connectivity index (χ4n) is 5.46. The van der Waals surface area contributed by atoms with Gasteiger partial charge >= 0.3 is 0 Å². The van der Waals surface area contributed by atoms with Crippen LogP contribution in [0.25, 0.3) is 44.0 Å². The van der Waals surface area contributed by atoms with Crippen molar-refractivity contribution in [1.82, 2.24) is 9.97 Å². The fourth-order valence-corrected chi connectivity index (χ4v) is 5.46. The van der Waals surface area contributed by atoms with Gasteiger partial charge in [-0.15, -0.1) is 0 Å². The Bertz CT molecular complexity index is 1860. The van der Waals surface area contributed by atoms with Gasteiger partial charge in [0.25, 0.3) is 0 Å². The first-order valence-corrected chi connectivity index (χ1v) is 13.4. The van der Waals surface area contributed by atoms with Gasteiger partial charge in [-0.3, -0.25) is 4.79 Å². The molecule has 4 aromatic carbocycles. The van der Waals surface area contributed by atoms with Crippen LogP contribution in [0.3, 0.4) is 0 Å². The Labute approximate surface area is 230 Å². The van der Waals surface area contributed by atoms with Gasteiger partial charge in [0.2, 0.25) is 5.91 Å². The van der Waals surface area contributed by atoms with Crippen molar-refractivity contribution < 1.29 is 19.0 Å². The van der Waals surface area contributed by atoms with Crippen LogP contribution < -0.4 is 10.5 Å². The average molecular weight is 537 g/mol. The summed E-state index contributed by atoms with van der Waals surface area (Å²) in [5.41, 5.74) is 7.01. The Morgan fingerprint density at radius 3 is 2.60 bits per heavy atom. The molecule has 7 nitrogen and oxygen atoms in total. The number of carbonyl (C=O) groups excluding carboxylic acids is 1. The standard InChI is InChI=1S/C32H29FN4O3/c1-32(2,39)15-18-5-7-22-24(11-18)25-14-21(40-10-9-17-3-4-17)6-8-23(25)29-28(22)36-31(37-29)27-19(16-34)12-20(33)13-26(27)30(35)38/h5-8,11-14,17,39H,3-4,9-10,15H2,1-2H3,(H2,35,38)(H,36,37). The number of nitrogens with zero attached hydrogens (tertiary/aromatic N) is 2. The second kappa shape index (κ2) is 9.61. The van der Waals surface area contributed by atoms with Crippen LogP contribution in [0, 0.1) is 23.1 Å². The maximum Gasteiger partial charge on any atom is 0.249 e. The molecule has 0 bridgehead atoms. The molecule has 1 aromatic heterocycles. The number of nitrogens with one attached hydrogen (secondary N) is 1. The zero-order valence-corrected chi connectivity index (χ0v) is 22.3. The minimum Gasteiger partial charge on any atom is -0.494 e. The molecule has 1 saturated carbocycles. The third kappa shape index (κ3) is 4.85. The molecule has 1 amide bonds. The monoisotopic (exact) mass is 536 g/mol. The van der Waals surface area contributed by atoms with E-state index in [9.17, 15) is 19.6 Å². The molecule has 6 rings (SSSR count). The number of amides is 1. The van der Waals surface area contributed by atoms with E-state index >= 15 is 0 Å². The summed E-state index contributed by atoms with van der Waals surface area (Å²) in [5, 5.41) is 23.8. The Kier molecular flexibility index (Phi) is 6.20. The molecule has 1 fully saturated rings. The van der Waals surface area contributed by atoms with E-state index in [1.54, 1.807) is 13.8 Å². The van der Waals surface area contributed by atoms with Gasteiger partial charge in [-0.1, -0.05) is 31.0 Å². The maximum absolute atomic E-state index is 14.2. The molecule has 0 spiro atoms. The summed E-state index contributed by atoms with van der Waals surface area (Å²) < 4.78 is 20.3. The Morgan fingerprint density at radius 2 is 1.90 bits per heavy atom. The lowest BCUT2D eigenvalue weighted by Gasteiger charge is -2.18. The zero-order valence-electron chi connectivity index (χ0n) is 22.3. The van der Waals surface area contributed by atoms with Gasteiger partial charge < -0.3 is 20.6 Å². The van der Waals surface area contributed by atoms with E-state index in [0.29, 0.717) is 24.1 Å². The Hall–Kier alpha value is -4.48. The molecular weight excluding hydrogens is 507 g/mol. The number of halogens is 1. The molecular formula is C32H29FN4O3. The van der Waals surface area contributed by atoms with Crippen LogP contribution in [0.1, 0.15) is 54.6 Å². The van der Waals surface area contributed by atoms with Gasteiger partial charge in [0.05, 0.1) is 34.4 Å². The van der Waals surface area contributed by atoms with E-state index in [2.05, 4.69) is 11.1 Å². The maximum atomic E-state index is 14.2. The number of H-pyrrole nitrogens is 1. The smallest absolute Gasteiger partial charge is 0.249 e. The van der Waals surface area contributed by atoms with Gasteiger partial charge in [0.1, 0.15) is 23.5 Å². The minimum absolute atomic E-state index is 0.0414. The number of fused-ring (bicyclic) bond motifs is 6. The van der Waals surface area contributed by atoms with Gasteiger partial charge in [-0.2, -0.15) is 5.26 Å². The third-order valence-electron chi connectivity index (χ3n) is 7.45. The Balaban J connectivity index is 1.60. The SMILES string of the molecule is CC(C)(O)Cc1ccc2c(c1)c1cc(OCCC3CC3)ccc1c1nc(-c3c(C#N)cc(F)cc3C(N)=O)[nH]c21. The molecule has 0 saturated heterocycles. The van der Waals surface area contributed by atoms with Gasteiger partial charge in [-0.25, -0.2) is 9.37 Å². The topological polar surface area (TPSA) is 125 Å². The van der Waals surface area contributed by atoms with Crippen LogP contribution in [-0.4, -0.2) is 33.2 Å². The van der Waals surface area contributed by atoms with Crippen LogP contribution in [-0.2, 0) is 6.42 Å². The number of aromatic amines is 1. The predicted octanol–water partition coefficient (Wildman–Crippen LogP) is 6.14.